The highest BCUT2D eigenvalue weighted by molar-refractivity contribution is 5.87. The molecule has 1 saturated carbocycles. The SMILES string of the molecule is CC[C@@]1(C)CCc2c1[nH]c1ccc(OCc3ccc(C4CCCC4)c(C)c3)cc21. The summed E-state index contributed by atoms with van der Waals surface area (Å²) in [5.41, 5.74) is 8.75. The molecule has 2 nitrogen and oxygen atoms in total. The first-order valence-corrected chi connectivity index (χ1v) is 11.4. The van der Waals surface area contributed by atoms with Crippen molar-refractivity contribution in [2.45, 2.75) is 83.7 Å². The van der Waals surface area contributed by atoms with E-state index < -0.39 is 0 Å². The van der Waals surface area contributed by atoms with Crippen LogP contribution in [-0.4, -0.2) is 4.98 Å². The van der Waals surface area contributed by atoms with Crippen molar-refractivity contribution in [2.24, 2.45) is 0 Å². The molecule has 29 heavy (non-hydrogen) atoms. The van der Waals surface area contributed by atoms with Crippen molar-refractivity contribution in [1.29, 1.82) is 0 Å². The normalized spacial score (nSPS) is 21.8. The van der Waals surface area contributed by atoms with Crippen LogP contribution in [0.5, 0.6) is 5.75 Å². The number of hydrogen-bond acceptors (Lipinski definition) is 1. The molecule has 2 aliphatic carbocycles. The number of H-pyrrole nitrogens is 1. The fraction of sp³-hybridized carbons (Fsp3) is 0.481. The van der Waals surface area contributed by atoms with E-state index in [1.54, 1.807) is 5.56 Å². The number of hydrogen-bond donors (Lipinski definition) is 1. The Hall–Kier alpha value is -2.22. The minimum Gasteiger partial charge on any atom is -0.489 e. The number of benzene rings is 2. The van der Waals surface area contributed by atoms with Gasteiger partial charge in [0.05, 0.1) is 0 Å². The molecule has 0 unspecified atom stereocenters. The van der Waals surface area contributed by atoms with Gasteiger partial charge in [-0.25, -0.2) is 0 Å². The summed E-state index contributed by atoms with van der Waals surface area (Å²) in [6, 6.07) is 13.5. The van der Waals surface area contributed by atoms with Crippen LogP contribution >= 0.6 is 0 Å². The van der Waals surface area contributed by atoms with Crippen molar-refractivity contribution in [3.05, 3.63) is 64.3 Å². The highest BCUT2D eigenvalue weighted by Gasteiger charge is 2.35. The Labute approximate surface area is 174 Å². The van der Waals surface area contributed by atoms with E-state index in [4.69, 9.17) is 4.74 Å². The maximum atomic E-state index is 6.21. The quantitative estimate of drug-likeness (QED) is 0.487. The summed E-state index contributed by atoms with van der Waals surface area (Å²) in [7, 11) is 0. The van der Waals surface area contributed by atoms with E-state index in [0.29, 0.717) is 12.0 Å². The first-order valence-electron chi connectivity index (χ1n) is 11.4. The minimum atomic E-state index is 0.300. The lowest BCUT2D eigenvalue weighted by atomic mass is 9.85. The molecule has 0 amide bonds. The molecule has 0 spiro atoms. The van der Waals surface area contributed by atoms with Gasteiger partial charge in [-0.2, -0.15) is 0 Å². The molecule has 152 valence electrons. The molecule has 0 aliphatic heterocycles. The van der Waals surface area contributed by atoms with Crippen LogP contribution in [0.15, 0.2) is 36.4 Å². The summed E-state index contributed by atoms with van der Waals surface area (Å²) >= 11 is 0. The van der Waals surface area contributed by atoms with Crippen molar-refractivity contribution >= 4 is 10.9 Å². The molecule has 1 atom stereocenters. The maximum Gasteiger partial charge on any atom is 0.120 e. The third kappa shape index (κ3) is 3.27. The second-order valence-electron chi connectivity index (χ2n) is 9.56. The van der Waals surface area contributed by atoms with Gasteiger partial charge in [-0.3, -0.25) is 0 Å². The summed E-state index contributed by atoms with van der Waals surface area (Å²) in [4.78, 5) is 3.70. The van der Waals surface area contributed by atoms with Crippen LogP contribution in [0.1, 0.15) is 86.2 Å². The molecule has 3 aromatic rings. The average Bonchev–Trinajstić information content (AvgIpc) is 3.44. The van der Waals surface area contributed by atoms with E-state index in [0.717, 1.165) is 11.7 Å². The van der Waals surface area contributed by atoms with Gasteiger partial charge in [0, 0.05) is 22.0 Å². The Morgan fingerprint density at radius 3 is 2.69 bits per heavy atom. The first-order chi connectivity index (χ1) is 14.1. The van der Waals surface area contributed by atoms with Crippen LogP contribution in [0.3, 0.4) is 0 Å². The van der Waals surface area contributed by atoms with Gasteiger partial charge in [-0.15, -0.1) is 0 Å². The molecule has 1 fully saturated rings. The van der Waals surface area contributed by atoms with Crippen molar-refractivity contribution < 1.29 is 4.74 Å². The molecule has 5 rings (SSSR count). The summed E-state index contributed by atoms with van der Waals surface area (Å²) in [5.74, 6) is 1.75. The van der Waals surface area contributed by atoms with Crippen molar-refractivity contribution in [2.75, 3.05) is 0 Å². The third-order valence-electron chi connectivity index (χ3n) is 7.72. The number of ether oxygens (including phenoxy) is 1. The van der Waals surface area contributed by atoms with E-state index in [9.17, 15) is 0 Å². The van der Waals surface area contributed by atoms with Crippen LogP contribution in [-0.2, 0) is 18.4 Å². The molecule has 0 bridgehead atoms. The Morgan fingerprint density at radius 1 is 1.10 bits per heavy atom. The van der Waals surface area contributed by atoms with Crippen LogP contribution in [0.2, 0.25) is 0 Å². The summed E-state index contributed by atoms with van der Waals surface area (Å²) in [6.07, 6.45) is 9.09. The largest absolute Gasteiger partial charge is 0.489 e. The Morgan fingerprint density at radius 2 is 1.93 bits per heavy atom. The van der Waals surface area contributed by atoms with Gasteiger partial charge in [0.1, 0.15) is 12.4 Å². The summed E-state index contributed by atoms with van der Waals surface area (Å²) in [6.45, 7) is 7.59. The monoisotopic (exact) mass is 387 g/mol. The van der Waals surface area contributed by atoms with Crippen LogP contribution in [0, 0.1) is 6.92 Å². The van der Waals surface area contributed by atoms with Gasteiger partial charge < -0.3 is 9.72 Å². The standard InChI is InChI=1S/C27H33NO/c1-4-27(3)14-13-23-24-16-21(10-12-25(24)28-26(23)27)29-17-19-9-11-22(18(2)15-19)20-7-5-6-8-20/h9-12,15-16,20,28H,4-8,13-14,17H2,1-3H3/t27-/m0/s1. The van der Waals surface area contributed by atoms with E-state index in [1.165, 1.54) is 78.2 Å². The average molecular weight is 388 g/mol. The molecule has 2 aliphatic rings. The Balaban J connectivity index is 1.34. The number of nitrogens with one attached hydrogen (secondary N) is 1. The zero-order valence-corrected chi connectivity index (χ0v) is 18.1. The highest BCUT2D eigenvalue weighted by atomic mass is 16.5. The zero-order valence-electron chi connectivity index (χ0n) is 18.1. The molecular formula is C27H33NO. The second-order valence-corrected chi connectivity index (χ2v) is 9.56. The first kappa shape index (κ1) is 18.8. The van der Waals surface area contributed by atoms with Gasteiger partial charge in [-0.1, -0.05) is 44.9 Å². The van der Waals surface area contributed by atoms with Crippen molar-refractivity contribution in [3.63, 3.8) is 0 Å². The fourth-order valence-corrected chi connectivity index (χ4v) is 5.66. The topological polar surface area (TPSA) is 25.0 Å². The Bertz CT molecular complexity index is 1040. The predicted octanol–water partition coefficient (Wildman–Crippen LogP) is 7.33. The van der Waals surface area contributed by atoms with Crippen LogP contribution < -0.4 is 4.74 Å². The molecule has 1 heterocycles. The number of aryl methyl sites for hydroxylation is 2. The molecule has 0 radical (unpaired) electrons. The fourth-order valence-electron chi connectivity index (χ4n) is 5.66. The lowest BCUT2D eigenvalue weighted by Gasteiger charge is -2.21. The Kier molecular flexibility index (Phi) is 4.69. The summed E-state index contributed by atoms with van der Waals surface area (Å²) < 4.78 is 6.21. The number of rotatable bonds is 5. The van der Waals surface area contributed by atoms with Crippen LogP contribution in [0.4, 0.5) is 0 Å². The molecular weight excluding hydrogens is 354 g/mol. The lowest BCUT2D eigenvalue weighted by Crippen LogP contribution is -2.17. The summed E-state index contributed by atoms with van der Waals surface area (Å²) in [5, 5.41) is 1.35. The lowest BCUT2D eigenvalue weighted by molar-refractivity contribution is 0.306. The van der Waals surface area contributed by atoms with E-state index in [-0.39, 0.29) is 0 Å². The third-order valence-corrected chi connectivity index (χ3v) is 7.72. The maximum absolute atomic E-state index is 6.21. The molecule has 1 N–H and O–H groups in total. The van der Waals surface area contributed by atoms with Gasteiger partial charge in [0.15, 0.2) is 0 Å². The second kappa shape index (κ2) is 7.23. The molecule has 2 heteroatoms. The number of aromatic amines is 1. The number of aromatic nitrogens is 1. The van der Waals surface area contributed by atoms with Gasteiger partial charge in [-0.05, 0) is 85.4 Å². The molecule has 1 aromatic heterocycles. The van der Waals surface area contributed by atoms with Crippen molar-refractivity contribution in [1.82, 2.24) is 4.98 Å². The van der Waals surface area contributed by atoms with Gasteiger partial charge in [0.2, 0.25) is 0 Å². The van der Waals surface area contributed by atoms with E-state index in [2.05, 4.69) is 62.2 Å². The molecule has 2 aromatic carbocycles. The van der Waals surface area contributed by atoms with E-state index >= 15 is 0 Å². The zero-order chi connectivity index (χ0) is 20.0. The highest BCUT2D eigenvalue weighted by Crippen LogP contribution is 2.44. The van der Waals surface area contributed by atoms with Gasteiger partial charge >= 0.3 is 0 Å². The van der Waals surface area contributed by atoms with Crippen LogP contribution in [0.25, 0.3) is 10.9 Å². The smallest absolute Gasteiger partial charge is 0.120 e. The number of fused-ring (bicyclic) bond motifs is 3. The van der Waals surface area contributed by atoms with Crippen molar-refractivity contribution in [3.8, 4) is 5.75 Å². The van der Waals surface area contributed by atoms with Gasteiger partial charge in [0.25, 0.3) is 0 Å². The minimum absolute atomic E-state index is 0.300. The molecule has 0 saturated heterocycles. The predicted molar refractivity (Wildman–Crippen MR) is 121 cm³/mol. The van der Waals surface area contributed by atoms with E-state index in [1.807, 2.05) is 0 Å².